The molecule has 2 aliphatic rings. The van der Waals surface area contributed by atoms with Crippen LogP contribution >= 0.6 is 0 Å². The van der Waals surface area contributed by atoms with Gasteiger partial charge in [0.1, 0.15) is 12.4 Å². The number of nitrogens with one attached hydrogen (secondary N) is 1. The molecule has 1 aromatic rings. The van der Waals surface area contributed by atoms with Crippen molar-refractivity contribution in [3.05, 3.63) is 24.0 Å². The van der Waals surface area contributed by atoms with Gasteiger partial charge in [-0.2, -0.15) is 0 Å². The second kappa shape index (κ2) is 6.35. The molecule has 104 valence electrons. The molecule has 1 N–H and O–H groups in total. The van der Waals surface area contributed by atoms with E-state index in [-0.39, 0.29) is 6.10 Å². The topological polar surface area (TPSA) is 43.4 Å². The average molecular weight is 262 g/mol. The molecule has 1 unspecified atom stereocenters. The van der Waals surface area contributed by atoms with Gasteiger partial charge in [-0.25, -0.2) is 0 Å². The van der Waals surface area contributed by atoms with Gasteiger partial charge in [-0.1, -0.05) is 0 Å². The summed E-state index contributed by atoms with van der Waals surface area (Å²) in [6.45, 7) is 2.38. The van der Waals surface area contributed by atoms with Crippen LogP contribution in [0.5, 0.6) is 5.75 Å². The fraction of sp³-hybridized carbons (Fsp3) is 0.667. The quantitative estimate of drug-likeness (QED) is 0.854. The highest BCUT2D eigenvalue weighted by molar-refractivity contribution is 5.30. The Kier molecular flexibility index (Phi) is 4.30. The molecule has 1 aliphatic carbocycles. The zero-order valence-electron chi connectivity index (χ0n) is 11.3. The maximum atomic E-state index is 5.92. The summed E-state index contributed by atoms with van der Waals surface area (Å²) in [5.74, 6) is 0.942. The molecular formula is C15H22N2O2. The standard InChI is InChI=1S/C15H22N2O2/c1-2-8-18-14(3-1)11-19-15-6-7-16-9-12(15)10-17-13-4-5-13/h6-7,9,13-14,17H,1-5,8,10-11H2. The van der Waals surface area contributed by atoms with Gasteiger partial charge >= 0.3 is 0 Å². The number of nitrogens with zero attached hydrogens (tertiary/aromatic N) is 1. The molecule has 0 aromatic carbocycles. The van der Waals surface area contributed by atoms with E-state index < -0.39 is 0 Å². The highest BCUT2D eigenvalue weighted by Crippen LogP contribution is 2.22. The van der Waals surface area contributed by atoms with Gasteiger partial charge in [0.25, 0.3) is 0 Å². The Labute approximate surface area is 114 Å². The predicted octanol–water partition coefficient (Wildman–Crippen LogP) is 2.28. The number of pyridine rings is 1. The van der Waals surface area contributed by atoms with Crippen LogP contribution in [0.15, 0.2) is 18.5 Å². The molecule has 1 atom stereocenters. The molecule has 4 nitrogen and oxygen atoms in total. The summed E-state index contributed by atoms with van der Waals surface area (Å²) in [5, 5.41) is 3.50. The lowest BCUT2D eigenvalue weighted by molar-refractivity contribution is -0.0112. The predicted molar refractivity (Wildman–Crippen MR) is 73.2 cm³/mol. The molecule has 2 heterocycles. The number of aromatic nitrogens is 1. The van der Waals surface area contributed by atoms with Crippen molar-refractivity contribution >= 4 is 0 Å². The summed E-state index contributed by atoms with van der Waals surface area (Å²) in [6, 6.07) is 2.65. The third-order valence-electron chi connectivity index (χ3n) is 3.72. The monoisotopic (exact) mass is 262 g/mol. The van der Waals surface area contributed by atoms with Crippen molar-refractivity contribution in [3.63, 3.8) is 0 Å². The van der Waals surface area contributed by atoms with E-state index in [1.165, 1.54) is 25.7 Å². The number of ether oxygens (including phenoxy) is 2. The van der Waals surface area contributed by atoms with Gasteiger partial charge in [-0.3, -0.25) is 4.98 Å². The molecule has 0 spiro atoms. The summed E-state index contributed by atoms with van der Waals surface area (Å²) in [5.41, 5.74) is 1.14. The van der Waals surface area contributed by atoms with E-state index in [1.807, 2.05) is 12.3 Å². The van der Waals surface area contributed by atoms with Gasteiger partial charge in [-0.15, -0.1) is 0 Å². The normalized spacial score (nSPS) is 23.3. The van der Waals surface area contributed by atoms with Gasteiger partial charge in [0.15, 0.2) is 0 Å². The maximum absolute atomic E-state index is 5.92. The number of hydrogen-bond acceptors (Lipinski definition) is 4. The van der Waals surface area contributed by atoms with Crippen LogP contribution in [0.1, 0.15) is 37.7 Å². The molecule has 1 aliphatic heterocycles. The van der Waals surface area contributed by atoms with E-state index in [9.17, 15) is 0 Å². The summed E-state index contributed by atoms with van der Waals surface area (Å²) in [4.78, 5) is 4.19. The molecule has 1 saturated carbocycles. The first kappa shape index (κ1) is 12.9. The summed E-state index contributed by atoms with van der Waals surface area (Å²) >= 11 is 0. The van der Waals surface area contributed by atoms with E-state index in [2.05, 4.69) is 10.3 Å². The summed E-state index contributed by atoms with van der Waals surface area (Å²) < 4.78 is 11.6. The Morgan fingerprint density at radius 2 is 2.26 bits per heavy atom. The van der Waals surface area contributed by atoms with E-state index in [1.54, 1.807) is 6.20 Å². The van der Waals surface area contributed by atoms with Crippen LogP contribution in [0, 0.1) is 0 Å². The number of hydrogen-bond donors (Lipinski definition) is 1. The fourth-order valence-corrected chi connectivity index (χ4v) is 2.35. The molecule has 0 bridgehead atoms. The lowest BCUT2D eigenvalue weighted by Crippen LogP contribution is -2.26. The largest absolute Gasteiger partial charge is 0.490 e. The Morgan fingerprint density at radius 1 is 1.32 bits per heavy atom. The van der Waals surface area contributed by atoms with Gasteiger partial charge in [-0.05, 0) is 38.2 Å². The molecule has 3 rings (SSSR count). The first-order valence-corrected chi connectivity index (χ1v) is 7.32. The highest BCUT2D eigenvalue weighted by atomic mass is 16.5. The van der Waals surface area contributed by atoms with E-state index in [4.69, 9.17) is 9.47 Å². The smallest absolute Gasteiger partial charge is 0.127 e. The molecule has 0 radical (unpaired) electrons. The summed E-state index contributed by atoms with van der Waals surface area (Å²) in [7, 11) is 0. The minimum atomic E-state index is 0.256. The molecular weight excluding hydrogens is 240 g/mol. The Balaban J connectivity index is 1.52. The Hall–Kier alpha value is -1.13. The van der Waals surface area contributed by atoms with Crippen LogP contribution < -0.4 is 10.1 Å². The molecule has 1 aromatic heterocycles. The van der Waals surface area contributed by atoms with Crippen LogP contribution in [-0.2, 0) is 11.3 Å². The average Bonchev–Trinajstić information content (AvgIpc) is 3.29. The number of rotatable bonds is 6. The summed E-state index contributed by atoms with van der Waals surface area (Å²) in [6.07, 6.45) is 10.1. The van der Waals surface area contributed by atoms with Crippen molar-refractivity contribution in [2.45, 2.75) is 50.8 Å². The highest BCUT2D eigenvalue weighted by Gasteiger charge is 2.21. The zero-order chi connectivity index (χ0) is 12.9. The van der Waals surface area contributed by atoms with Gasteiger partial charge in [0.2, 0.25) is 0 Å². The van der Waals surface area contributed by atoms with E-state index in [0.29, 0.717) is 12.6 Å². The maximum Gasteiger partial charge on any atom is 0.127 e. The van der Waals surface area contributed by atoms with Crippen molar-refractivity contribution in [2.24, 2.45) is 0 Å². The van der Waals surface area contributed by atoms with Crippen LogP contribution in [0.25, 0.3) is 0 Å². The third-order valence-corrected chi connectivity index (χ3v) is 3.72. The SMILES string of the molecule is c1cc(OCC2CCCCO2)c(CNC2CC2)cn1. The first-order chi connectivity index (χ1) is 9.42. The van der Waals surface area contributed by atoms with Crippen molar-refractivity contribution < 1.29 is 9.47 Å². The molecule has 1 saturated heterocycles. The minimum absolute atomic E-state index is 0.256. The van der Waals surface area contributed by atoms with Crippen LogP contribution in [0.2, 0.25) is 0 Å². The van der Waals surface area contributed by atoms with Gasteiger partial charge in [0, 0.05) is 37.2 Å². The van der Waals surface area contributed by atoms with E-state index in [0.717, 1.165) is 30.9 Å². The second-order valence-electron chi connectivity index (χ2n) is 5.44. The Morgan fingerprint density at radius 3 is 3.05 bits per heavy atom. The van der Waals surface area contributed by atoms with Crippen LogP contribution in [-0.4, -0.2) is 30.3 Å². The molecule has 2 fully saturated rings. The lowest BCUT2D eigenvalue weighted by atomic mass is 10.1. The van der Waals surface area contributed by atoms with Crippen LogP contribution in [0.4, 0.5) is 0 Å². The zero-order valence-corrected chi connectivity index (χ0v) is 11.3. The first-order valence-electron chi connectivity index (χ1n) is 7.32. The van der Waals surface area contributed by atoms with Crippen molar-refractivity contribution in [1.29, 1.82) is 0 Å². The fourth-order valence-electron chi connectivity index (χ4n) is 2.35. The van der Waals surface area contributed by atoms with Gasteiger partial charge < -0.3 is 14.8 Å². The second-order valence-corrected chi connectivity index (χ2v) is 5.44. The molecule has 19 heavy (non-hydrogen) atoms. The molecule has 0 amide bonds. The van der Waals surface area contributed by atoms with E-state index >= 15 is 0 Å². The van der Waals surface area contributed by atoms with Crippen molar-refractivity contribution in [2.75, 3.05) is 13.2 Å². The van der Waals surface area contributed by atoms with Crippen molar-refractivity contribution in [1.82, 2.24) is 10.3 Å². The van der Waals surface area contributed by atoms with Crippen LogP contribution in [0.3, 0.4) is 0 Å². The molecule has 4 heteroatoms. The Bertz CT molecular complexity index is 401. The van der Waals surface area contributed by atoms with Crippen molar-refractivity contribution in [3.8, 4) is 5.75 Å². The van der Waals surface area contributed by atoms with Gasteiger partial charge in [0.05, 0.1) is 6.10 Å². The lowest BCUT2D eigenvalue weighted by Gasteiger charge is -2.23. The minimum Gasteiger partial charge on any atom is -0.490 e. The third kappa shape index (κ3) is 3.91.